The van der Waals surface area contributed by atoms with Crippen molar-refractivity contribution in [2.24, 2.45) is 11.8 Å². The summed E-state index contributed by atoms with van der Waals surface area (Å²) in [7, 11) is 0. The summed E-state index contributed by atoms with van der Waals surface area (Å²) in [5.74, 6) is 0.701. The van der Waals surface area contributed by atoms with E-state index in [1.807, 2.05) is 0 Å². The van der Waals surface area contributed by atoms with Crippen molar-refractivity contribution >= 4 is 5.97 Å². The molecule has 0 aromatic rings. The van der Waals surface area contributed by atoms with E-state index in [0.29, 0.717) is 18.3 Å². The molecule has 0 heterocycles. The van der Waals surface area contributed by atoms with Crippen LogP contribution in [-0.4, -0.2) is 11.1 Å². The highest BCUT2D eigenvalue weighted by Crippen LogP contribution is 2.39. The molecule has 0 radical (unpaired) electrons. The van der Waals surface area contributed by atoms with Gasteiger partial charge < -0.3 is 5.11 Å². The van der Waals surface area contributed by atoms with Gasteiger partial charge in [-0.15, -0.1) is 0 Å². The standard InChI is InChI=1S/C21H36O2/c1-3-4-5-6-7-10-13-19-17-16-18(2)20(19)14-11-8-9-12-15-21(22)23/h10,13,19-20H,2-9,11-12,14-17H2,1H3,(H,22,23)/t19-,20-/m0/s1. The highest BCUT2D eigenvalue weighted by Gasteiger charge is 2.27. The molecular weight excluding hydrogens is 284 g/mol. The molecule has 0 saturated heterocycles. The van der Waals surface area contributed by atoms with Gasteiger partial charge >= 0.3 is 5.97 Å². The van der Waals surface area contributed by atoms with Crippen molar-refractivity contribution in [2.45, 2.75) is 90.4 Å². The van der Waals surface area contributed by atoms with Crippen LogP contribution in [0.5, 0.6) is 0 Å². The molecule has 0 bridgehead atoms. The number of carbonyl (C=O) groups is 1. The Balaban J connectivity index is 2.19. The summed E-state index contributed by atoms with van der Waals surface area (Å²) in [5, 5.41) is 8.64. The molecule has 1 aliphatic carbocycles. The molecule has 1 saturated carbocycles. The lowest BCUT2D eigenvalue weighted by Crippen LogP contribution is -2.06. The van der Waals surface area contributed by atoms with Crippen LogP contribution in [0.1, 0.15) is 90.4 Å². The first kappa shape index (κ1) is 20.0. The first-order valence-electron chi connectivity index (χ1n) is 9.71. The minimum absolute atomic E-state index is 0.319. The zero-order valence-electron chi connectivity index (χ0n) is 15.1. The Morgan fingerprint density at radius 1 is 1.17 bits per heavy atom. The predicted octanol–water partition coefficient (Wildman–Crippen LogP) is 6.52. The maximum atomic E-state index is 10.5. The summed E-state index contributed by atoms with van der Waals surface area (Å²) in [4.78, 5) is 10.5. The molecule has 1 N–H and O–H groups in total. The third kappa shape index (κ3) is 8.98. The molecule has 2 heteroatoms. The molecule has 1 fully saturated rings. The molecule has 132 valence electrons. The second-order valence-corrected chi connectivity index (χ2v) is 7.09. The molecule has 0 aliphatic heterocycles. The largest absolute Gasteiger partial charge is 0.481 e. The lowest BCUT2D eigenvalue weighted by molar-refractivity contribution is -0.137. The summed E-state index contributed by atoms with van der Waals surface area (Å²) in [6.45, 7) is 6.54. The minimum Gasteiger partial charge on any atom is -0.481 e. The van der Waals surface area contributed by atoms with Crippen LogP contribution in [0.2, 0.25) is 0 Å². The average Bonchev–Trinajstić information content (AvgIpc) is 2.86. The average molecular weight is 321 g/mol. The maximum absolute atomic E-state index is 10.5. The third-order valence-corrected chi connectivity index (χ3v) is 5.10. The number of carboxylic acid groups (broad SMARTS) is 1. The van der Waals surface area contributed by atoms with Gasteiger partial charge in [0.1, 0.15) is 0 Å². The molecular formula is C21H36O2. The van der Waals surface area contributed by atoms with Crippen LogP contribution in [0, 0.1) is 11.8 Å². The van der Waals surface area contributed by atoms with Crippen LogP contribution in [-0.2, 0) is 4.79 Å². The monoisotopic (exact) mass is 320 g/mol. The smallest absolute Gasteiger partial charge is 0.303 e. The van der Waals surface area contributed by atoms with Crippen LogP contribution in [0.25, 0.3) is 0 Å². The van der Waals surface area contributed by atoms with Crippen LogP contribution in [0.4, 0.5) is 0 Å². The van der Waals surface area contributed by atoms with Crippen molar-refractivity contribution < 1.29 is 9.90 Å². The van der Waals surface area contributed by atoms with E-state index < -0.39 is 5.97 Å². The van der Waals surface area contributed by atoms with Gasteiger partial charge in [0.25, 0.3) is 0 Å². The van der Waals surface area contributed by atoms with Gasteiger partial charge in [0, 0.05) is 6.42 Å². The number of allylic oxidation sites excluding steroid dienone is 3. The molecule has 0 spiro atoms. The van der Waals surface area contributed by atoms with Gasteiger partial charge in [-0.25, -0.2) is 0 Å². The quantitative estimate of drug-likeness (QED) is 0.310. The molecule has 0 aromatic heterocycles. The Kier molecular flexibility index (Phi) is 10.8. The molecule has 1 aliphatic rings. The van der Waals surface area contributed by atoms with Crippen molar-refractivity contribution in [2.75, 3.05) is 0 Å². The van der Waals surface area contributed by atoms with E-state index in [1.165, 1.54) is 63.4 Å². The van der Waals surface area contributed by atoms with E-state index in [9.17, 15) is 4.79 Å². The van der Waals surface area contributed by atoms with Crippen molar-refractivity contribution in [1.29, 1.82) is 0 Å². The Labute approximate surface area is 143 Å². The van der Waals surface area contributed by atoms with E-state index >= 15 is 0 Å². The van der Waals surface area contributed by atoms with Crippen molar-refractivity contribution in [1.82, 2.24) is 0 Å². The highest BCUT2D eigenvalue weighted by molar-refractivity contribution is 5.66. The van der Waals surface area contributed by atoms with Gasteiger partial charge in [-0.3, -0.25) is 4.79 Å². The molecule has 0 aromatic carbocycles. The Bertz CT molecular complexity index is 370. The maximum Gasteiger partial charge on any atom is 0.303 e. The molecule has 2 atom stereocenters. The van der Waals surface area contributed by atoms with Gasteiger partial charge in [0.05, 0.1) is 0 Å². The zero-order chi connectivity index (χ0) is 16.9. The van der Waals surface area contributed by atoms with Gasteiger partial charge in [-0.05, 0) is 50.4 Å². The highest BCUT2D eigenvalue weighted by atomic mass is 16.4. The Morgan fingerprint density at radius 2 is 1.91 bits per heavy atom. The van der Waals surface area contributed by atoms with E-state index in [1.54, 1.807) is 0 Å². The zero-order valence-corrected chi connectivity index (χ0v) is 15.1. The van der Waals surface area contributed by atoms with Crippen LogP contribution >= 0.6 is 0 Å². The van der Waals surface area contributed by atoms with E-state index in [4.69, 9.17) is 5.11 Å². The third-order valence-electron chi connectivity index (χ3n) is 5.10. The number of hydrogen-bond donors (Lipinski definition) is 1. The lowest BCUT2D eigenvalue weighted by Gasteiger charge is -2.17. The van der Waals surface area contributed by atoms with E-state index in [2.05, 4.69) is 25.7 Å². The van der Waals surface area contributed by atoms with Crippen LogP contribution < -0.4 is 0 Å². The van der Waals surface area contributed by atoms with Crippen molar-refractivity contribution in [3.63, 3.8) is 0 Å². The van der Waals surface area contributed by atoms with Gasteiger partial charge in [0.15, 0.2) is 0 Å². The molecule has 0 unspecified atom stereocenters. The van der Waals surface area contributed by atoms with E-state index in [-0.39, 0.29) is 0 Å². The molecule has 23 heavy (non-hydrogen) atoms. The second kappa shape index (κ2) is 12.4. The first-order valence-corrected chi connectivity index (χ1v) is 9.71. The fraction of sp³-hybridized carbons (Fsp3) is 0.762. The summed E-state index contributed by atoms with van der Waals surface area (Å²) >= 11 is 0. The molecule has 2 nitrogen and oxygen atoms in total. The molecule has 1 rings (SSSR count). The van der Waals surface area contributed by atoms with Crippen molar-refractivity contribution in [3.05, 3.63) is 24.3 Å². The lowest BCUT2D eigenvalue weighted by atomic mass is 9.88. The topological polar surface area (TPSA) is 37.3 Å². The number of hydrogen-bond acceptors (Lipinski definition) is 1. The summed E-state index contributed by atoms with van der Waals surface area (Å²) in [5.41, 5.74) is 1.44. The Morgan fingerprint density at radius 3 is 2.65 bits per heavy atom. The Hall–Kier alpha value is -1.05. The van der Waals surface area contributed by atoms with E-state index in [0.717, 1.165) is 19.3 Å². The van der Waals surface area contributed by atoms with Gasteiger partial charge in [-0.2, -0.15) is 0 Å². The number of rotatable bonds is 13. The summed E-state index contributed by atoms with van der Waals surface area (Å²) in [6.07, 6.45) is 19.7. The van der Waals surface area contributed by atoms with Crippen LogP contribution in [0.15, 0.2) is 24.3 Å². The van der Waals surface area contributed by atoms with Crippen LogP contribution in [0.3, 0.4) is 0 Å². The predicted molar refractivity (Wildman–Crippen MR) is 98.6 cm³/mol. The first-order chi connectivity index (χ1) is 11.1. The SMILES string of the molecule is C=C1CC[C@H](C=CCCCCCC)[C@H]1CCCCCCC(=O)O. The normalized spacial score (nSPS) is 21.3. The fourth-order valence-corrected chi connectivity index (χ4v) is 3.64. The summed E-state index contributed by atoms with van der Waals surface area (Å²) < 4.78 is 0. The number of carboxylic acids is 1. The second-order valence-electron chi connectivity index (χ2n) is 7.09. The molecule has 0 amide bonds. The van der Waals surface area contributed by atoms with Gasteiger partial charge in [-0.1, -0.05) is 69.8 Å². The number of aliphatic carboxylic acids is 1. The fourth-order valence-electron chi connectivity index (χ4n) is 3.64. The van der Waals surface area contributed by atoms with Crippen molar-refractivity contribution in [3.8, 4) is 0 Å². The van der Waals surface area contributed by atoms with Gasteiger partial charge in [0.2, 0.25) is 0 Å². The minimum atomic E-state index is -0.668. The number of unbranched alkanes of at least 4 members (excludes halogenated alkanes) is 7. The summed E-state index contributed by atoms with van der Waals surface area (Å²) in [6, 6.07) is 0.